The van der Waals surface area contributed by atoms with Gasteiger partial charge >= 0.3 is 0 Å². The molecule has 12 nitrogen and oxygen atoms in total. The number of fused-ring (bicyclic) bond motifs is 1. The Morgan fingerprint density at radius 2 is 1.60 bits per heavy atom. The number of carbonyl (C=O) groups excluding carboxylic acids is 2. The molecule has 0 aromatic heterocycles. The van der Waals surface area contributed by atoms with Crippen LogP contribution in [0, 0.1) is 0 Å². The highest BCUT2D eigenvalue weighted by molar-refractivity contribution is 7.85. The van der Waals surface area contributed by atoms with Gasteiger partial charge < -0.3 is 40.6 Å². The maximum Gasteiger partial charge on any atom is 0.245 e. The summed E-state index contributed by atoms with van der Waals surface area (Å²) >= 11 is 13.4. The molecule has 0 bridgehead atoms. The summed E-state index contributed by atoms with van der Waals surface area (Å²) in [6.45, 7) is 0.553. The molecule has 48 heavy (non-hydrogen) atoms. The highest BCUT2D eigenvalue weighted by Gasteiger charge is 2.41. The van der Waals surface area contributed by atoms with Gasteiger partial charge in [0, 0.05) is 65.2 Å². The Kier molecular flexibility index (Phi) is 12.8. The first-order valence-electron chi connectivity index (χ1n) is 16.3. The molecule has 264 valence electrons. The number of rotatable bonds is 15. The lowest BCUT2D eigenvalue weighted by atomic mass is 10.0. The third-order valence-corrected chi connectivity index (χ3v) is 11.2. The molecule has 2 fully saturated rings. The number of para-hydroxylation sites is 2. The monoisotopic (exact) mass is 726 g/mol. The summed E-state index contributed by atoms with van der Waals surface area (Å²) in [5.41, 5.74) is 3.51. The summed E-state index contributed by atoms with van der Waals surface area (Å²) in [5.74, 6) is 0.0996. The number of aryl methyl sites for hydroxylation is 1. The van der Waals surface area contributed by atoms with Crippen LogP contribution >= 0.6 is 23.2 Å². The van der Waals surface area contributed by atoms with Crippen molar-refractivity contribution in [2.24, 2.45) is 0 Å². The minimum atomic E-state index is -1.76. The molecule has 2 heterocycles. The molecule has 2 amide bonds. The topological polar surface area (TPSA) is 174 Å². The number of aliphatic hydroxyl groups excluding tert-OH is 5. The van der Waals surface area contributed by atoms with Crippen LogP contribution in [0.4, 0.5) is 11.4 Å². The Labute approximate surface area is 292 Å². The number of unbranched alkanes of at least 4 members (excludes halogenated alkanes) is 1. The van der Waals surface area contributed by atoms with Gasteiger partial charge in [-0.3, -0.25) is 18.7 Å². The maximum atomic E-state index is 14.0. The lowest BCUT2D eigenvalue weighted by Crippen LogP contribution is -2.52. The van der Waals surface area contributed by atoms with Crippen LogP contribution in [0.25, 0.3) is 0 Å². The fourth-order valence-corrected chi connectivity index (χ4v) is 8.28. The zero-order valence-electron chi connectivity index (χ0n) is 26.6. The molecule has 2 aliphatic heterocycles. The van der Waals surface area contributed by atoms with E-state index in [1.807, 2.05) is 28.0 Å². The van der Waals surface area contributed by atoms with Crippen LogP contribution in [0.15, 0.2) is 36.4 Å². The normalized spacial score (nSPS) is 22.2. The Bertz CT molecular complexity index is 1480. The van der Waals surface area contributed by atoms with Gasteiger partial charge in [-0.15, -0.1) is 0 Å². The second-order valence-corrected chi connectivity index (χ2v) is 15.0. The number of hydrogen-bond donors (Lipinski definition) is 6. The van der Waals surface area contributed by atoms with Crippen molar-refractivity contribution in [2.75, 3.05) is 47.7 Å². The predicted octanol–water partition coefficient (Wildman–Crippen LogP) is 1.16. The van der Waals surface area contributed by atoms with Crippen LogP contribution in [0.2, 0.25) is 10.0 Å². The molecule has 2 aromatic rings. The second kappa shape index (κ2) is 16.6. The van der Waals surface area contributed by atoms with Crippen LogP contribution in [0.3, 0.4) is 0 Å². The lowest BCUT2D eigenvalue weighted by molar-refractivity contribution is -0.126. The standard InChI is InChI=1S/C33H44Cl2N4O8S/c34-23-14-21(24(35)13-20(23)5-1-4-8-30(43)36-15-28(41)31(44)32(45)29(42)17-40)16-37-19-48(47)18-27(37)33(46)39-12-11-38(22-9-10-22)25-6-2-3-7-26(25)39/h2-3,6-7,13-14,22,27-29,31-32,40-42,44-45H,1,4-5,8-12,15-19H2,(H,36,43)/t27-,28-,29+,31+,32+,48?/m0/s1. The number of halogens is 2. The molecule has 1 aliphatic carbocycles. The molecule has 6 N–H and O–H groups in total. The van der Waals surface area contributed by atoms with Crippen molar-refractivity contribution in [1.82, 2.24) is 10.2 Å². The zero-order valence-corrected chi connectivity index (χ0v) is 28.9. The molecule has 1 saturated heterocycles. The van der Waals surface area contributed by atoms with E-state index in [1.165, 1.54) is 12.8 Å². The second-order valence-electron chi connectivity index (χ2n) is 12.7. The Morgan fingerprint density at radius 1 is 0.938 bits per heavy atom. The van der Waals surface area contributed by atoms with E-state index in [0.717, 1.165) is 29.0 Å². The number of aliphatic hydroxyl groups is 5. The van der Waals surface area contributed by atoms with E-state index in [0.29, 0.717) is 48.4 Å². The minimum absolute atomic E-state index is 0.0598. The van der Waals surface area contributed by atoms with E-state index in [9.17, 15) is 34.2 Å². The van der Waals surface area contributed by atoms with Crippen LogP contribution in [-0.2, 0) is 33.4 Å². The first kappa shape index (κ1) is 36.9. The minimum Gasteiger partial charge on any atom is -0.394 e. The van der Waals surface area contributed by atoms with E-state index in [2.05, 4.69) is 16.3 Å². The van der Waals surface area contributed by atoms with Crippen molar-refractivity contribution < 1.29 is 39.3 Å². The Balaban J connectivity index is 1.12. The number of benzene rings is 2. The summed E-state index contributed by atoms with van der Waals surface area (Å²) in [4.78, 5) is 32.3. The van der Waals surface area contributed by atoms with Crippen LogP contribution < -0.4 is 15.1 Å². The molecule has 1 saturated carbocycles. The molecule has 6 atom stereocenters. The molecule has 1 unspecified atom stereocenters. The van der Waals surface area contributed by atoms with Crippen LogP contribution in [0.5, 0.6) is 0 Å². The Hall–Kier alpha value is -2.33. The van der Waals surface area contributed by atoms with E-state index in [4.69, 9.17) is 28.3 Å². The number of nitrogens with one attached hydrogen (secondary N) is 1. The number of amides is 2. The van der Waals surface area contributed by atoms with Gasteiger partial charge in [0.2, 0.25) is 11.8 Å². The van der Waals surface area contributed by atoms with Crippen molar-refractivity contribution in [3.63, 3.8) is 0 Å². The SMILES string of the molecule is O=C(CCCCc1cc(Cl)c(CN2CS(=O)C[C@H]2C(=O)N2CCN(C3CC3)c3ccccc32)cc1Cl)NC[C@H](O)[C@@H](O)[C@H](O)[C@H](O)CO. The highest BCUT2D eigenvalue weighted by atomic mass is 35.5. The molecule has 5 rings (SSSR count). The quantitative estimate of drug-likeness (QED) is 0.146. The van der Waals surface area contributed by atoms with Crippen molar-refractivity contribution in [1.29, 1.82) is 0 Å². The highest BCUT2D eigenvalue weighted by Crippen LogP contribution is 2.40. The third kappa shape index (κ3) is 8.87. The van der Waals surface area contributed by atoms with E-state index >= 15 is 0 Å². The Morgan fingerprint density at radius 3 is 2.31 bits per heavy atom. The van der Waals surface area contributed by atoms with E-state index in [-0.39, 0.29) is 36.4 Å². The lowest BCUT2D eigenvalue weighted by Gasteiger charge is -2.39. The summed E-state index contributed by atoms with van der Waals surface area (Å²) in [5, 5.41) is 51.3. The van der Waals surface area contributed by atoms with Gasteiger partial charge in [-0.1, -0.05) is 35.3 Å². The van der Waals surface area contributed by atoms with Crippen molar-refractivity contribution in [3.05, 3.63) is 57.6 Å². The van der Waals surface area contributed by atoms with Gasteiger partial charge in [-0.2, -0.15) is 0 Å². The van der Waals surface area contributed by atoms with Gasteiger partial charge in [0.25, 0.3) is 0 Å². The average Bonchev–Trinajstić information content (AvgIpc) is 3.86. The summed E-state index contributed by atoms with van der Waals surface area (Å²) in [6, 6.07) is 11.6. The predicted molar refractivity (Wildman–Crippen MR) is 185 cm³/mol. The number of hydrogen-bond acceptors (Lipinski definition) is 10. The van der Waals surface area contributed by atoms with E-state index in [1.54, 1.807) is 12.1 Å². The maximum absolute atomic E-state index is 14.0. The van der Waals surface area contributed by atoms with Crippen molar-refractivity contribution >= 4 is 57.2 Å². The molecular formula is C33H44Cl2N4O8S. The molecule has 0 radical (unpaired) electrons. The van der Waals surface area contributed by atoms with Crippen molar-refractivity contribution in [3.8, 4) is 0 Å². The summed E-state index contributed by atoms with van der Waals surface area (Å²) in [6.07, 6.45) is -2.48. The van der Waals surface area contributed by atoms with Crippen LogP contribution in [0.1, 0.15) is 43.2 Å². The molecular weight excluding hydrogens is 683 g/mol. The summed E-state index contributed by atoms with van der Waals surface area (Å²) < 4.78 is 12.8. The first-order valence-corrected chi connectivity index (χ1v) is 18.6. The molecule has 0 spiro atoms. The van der Waals surface area contributed by atoms with Gasteiger partial charge in [0.15, 0.2) is 0 Å². The molecule has 2 aromatic carbocycles. The van der Waals surface area contributed by atoms with Gasteiger partial charge in [-0.25, -0.2) is 0 Å². The van der Waals surface area contributed by atoms with Crippen LogP contribution in [-0.4, -0.2) is 121 Å². The molecule has 15 heteroatoms. The van der Waals surface area contributed by atoms with Crippen molar-refractivity contribution in [2.45, 2.75) is 81.6 Å². The van der Waals surface area contributed by atoms with E-state index < -0.39 is 47.9 Å². The van der Waals surface area contributed by atoms with Gasteiger partial charge in [0.1, 0.15) is 24.4 Å². The molecule has 3 aliphatic rings. The largest absolute Gasteiger partial charge is 0.394 e. The first-order chi connectivity index (χ1) is 23.0. The number of carbonyl (C=O) groups is 2. The summed E-state index contributed by atoms with van der Waals surface area (Å²) in [7, 11) is -1.18. The average molecular weight is 728 g/mol. The fraction of sp³-hybridized carbons (Fsp3) is 0.576. The third-order valence-electron chi connectivity index (χ3n) is 9.20. The number of nitrogens with zero attached hydrogens (tertiary/aromatic N) is 3. The number of anilines is 2. The fourth-order valence-electron chi connectivity index (χ4n) is 6.30. The van der Waals surface area contributed by atoms with Gasteiger partial charge in [0.05, 0.1) is 30.0 Å². The zero-order chi connectivity index (χ0) is 34.5. The van der Waals surface area contributed by atoms with Gasteiger partial charge in [-0.05, 0) is 67.5 Å². The smallest absolute Gasteiger partial charge is 0.245 e.